The number of carbonyl (C=O) groups is 1. The van der Waals surface area contributed by atoms with Gasteiger partial charge in [-0.05, 0) is 67.1 Å². The number of ether oxygens (including phenoxy) is 2. The van der Waals surface area contributed by atoms with Crippen molar-refractivity contribution >= 4 is 39.7 Å². The van der Waals surface area contributed by atoms with Crippen LogP contribution in [0.4, 0.5) is 0 Å². The number of cyclic esters (lactones) is 1. The maximum absolute atomic E-state index is 12.6. The van der Waals surface area contributed by atoms with Crippen LogP contribution in [0.25, 0.3) is 6.08 Å². The van der Waals surface area contributed by atoms with Crippen LogP contribution >= 0.6 is 11.6 Å². The molecule has 4 rings (SSSR count). The monoisotopic (exact) mass is 483 g/mol. The van der Waals surface area contributed by atoms with Gasteiger partial charge in [0.15, 0.2) is 17.2 Å². The van der Waals surface area contributed by atoms with Crippen molar-refractivity contribution in [3.05, 3.63) is 94.1 Å². The van der Waals surface area contributed by atoms with Crippen molar-refractivity contribution in [2.24, 2.45) is 4.99 Å². The molecule has 33 heavy (non-hydrogen) atoms. The van der Waals surface area contributed by atoms with Crippen molar-refractivity contribution in [2.75, 3.05) is 7.11 Å². The fraction of sp³-hybridized carbons (Fsp3) is 0.0833. The average molecular weight is 484 g/mol. The van der Waals surface area contributed by atoms with Gasteiger partial charge in [-0.15, -0.1) is 0 Å². The van der Waals surface area contributed by atoms with E-state index in [9.17, 15) is 13.2 Å². The van der Waals surface area contributed by atoms with Crippen LogP contribution in [0, 0.1) is 6.92 Å². The van der Waals surface area contributed by atoms with Gasteiger partial charge in [-0.2, -0.15) is 8.42 Å². The number of benzene rings is 3. The molecule has 0 unspecified atom stereocenters. The van der Waals surface area contributed by atoms with E-state index in [2.05, 4.69) is 4.99 Å². The molecular weight excluding hydrogens is 466 g/mol. The van der Waals surface area contributed by atoms with E-state index in [4.69, 9.17) is 25.3 Å². The molecule has 0 radical (unpaired) electrons. The molecule has 0 aromatic heterocycles. The maximum atomic E-state index is 12.6. The summed E-state index contributed by atoms with van der Waals surface area (Å²) < 4.78 is 40.9. The Labute approximate surface area is 196 Å². The van der Waals surface area contributed by atoms with Crippen LogP contribution in [-0.4, -0.2) is 27.4 Å². The number of methoxy groups -OCH3 is 1. The fourth-order valence-electron chi connectivity index (χ4n) is 3.00. The van der Waals surface area contributed by atoms with Crippen LogP contribution in [0.1, 0.15) is 16.7 Å². The molecule has 0 saturated carbocycles. The SMILES string of the molecule is COc1cc(/C=C2\N=C(c3ccc(C)cc3)OC2=O)ccc1OS(=O)(=O)c1ccc(Cl)cc1. The summed E-state index contributed by atoms with van der Waals surface area (Å²) in [6.07, 6.45) is 1.52. The van der Waals surface area contributed by atoms with Crippen LogP contribution in [0.2, 0.25) is 5.02 Å². The normalized spacial score (nSPS) is 14.7. The number of esters is 1. The first-order valence-corrected chi connectivity index (χ1v) is 11.5. The molecule has 0 spiro atoms. The number of aryl methyl sites for hydroxylation is 1. The summed E-state index contributed by atoms with van der Waals surface area (Å²) in [5, 5.41) is 0.405. The molecule has 1 aliphatic heterocycles. The van der Waals surface area contributed by atoms with Gasteiger partial charge in [0.25, 0.3) is 0 Å². The number of hydrogen-bond donors (Lipinski definition) is 0. The molecule has 0 bridgehead atoms. The highest BCUT2D eigenvalue weighted by Gasteiger charge is 2.24. The zero-order valence-corrected chi connectivity index (χ0v) is 19.2. The van der Waals surface area contributed by atoms with Gasteiger partial charge in [0.2, 0.25) is 5.90 Å². The minimum absolute atomic E-state index is 0.00700. The van der Waals surface area contributed by atoms with Crippen molar-refractivity contribution in [3.8, 4) is 11.5 Å². The van der Waals surface area contributed by atoms with Crippen molar-refractivity contribution in [3.63, 3.8) is 0 Å². The Morgan fingerprint density at radius 2 is 1.67 bits per heavy atom. The Kier molecular flexibility index (Phi) is 6.22. The molecule has 1 aliphatic rings. The highest BCUT2D eigenvalue weighted by molar-refractivity contribution is 7.87. The Hall–Kier alpha value is -3.62. The summed E-state index contributed by atoms with van der Waals surface area (Å²) in [6, 6.07) is 17.6. The molecule has 3 aromatic carbocycles. The second-order valence-electron chi connectivity index (χ2n) is 7.10. The third-order valence-electron chi connectivity index (χ3n) is 4.71. The first-order chi connectivity index (χ1) is 15.7. The van der Waals surface area contributed by atoms with Gasteiger partial charge in [-0.1, -0.05) is 35.4 Å². The minimum Gasteiger partial charge on any atom is -0.493 e. The van der Waals surface area contributed by atoms with Crippen molar-refractivity contribution in [1.82, 2.24) is 0 Å². The van der Waals surface area contributed by atoms with Gasteiger partial charge in [0.1, 0.15) is 4.90 Å². The molecule has 0 amide bonds. The summed E-state index contributed by atoms with van der Waals surface area (Å²) in [4.78, 5) is 16.5. The molecule has 3 aromatic rings. The highest BCUT2D eigenvalue weighted by atomic mass is 35.5. The van der Waals surface area contributed by atoms with Crippen molar-refractivity contribution < 1.29 is 26.9 Å². The number of halogens is 1. The summed E-state index contributed by atoms with van der Waals surface area (Å²) in [6.45, 7) is 1.96. The number of carbonyl (C=O) groups excluding carboxylic acids is 1. The van der Waals surface area contributed by atoms with Crippen molar-refractivity contribution in [1.29, 1.82) is 0 Å². The van der Waals surface area contributed by atoms with E-state index < -0.39 is 16.1 Å². The summed E-state index contributed by atoms with van der Waals surface area (Å²) in [7, 11) is -2.72. The number of aliphatic imine (C=N–C) groups is 1. The fourth-order valence-corrected chi connectivity index (χ4v) is 4.06. The van der Waals surface area contributed by atoms with Gasteiger partial charge in [-0.3, -0.25) is 0 Å². The van der Waals surface area contributed by atoms with E-state index >= 15 is 0 Å². The standard InChI is InChI=1S/C24H18ClNO6S/c1-15-3-6-17(7-4-15)23-26-20(24(27)31-23)13-16-5-12-21(22(14-16)30-2)32-33(28,29)19-10-8-18(25)9-11-19/h3-14H,1-2H3/b20-13-. The van der Waals surface area contributed by atoms with E-state index in [0.29, 0.717) is 16.1 Å². The van der Waals surface area contributed by atoms with Crippen molar-refractivity contribution in [2.45, 2.75) is 11.8 Å². The Morgan fingerprint density at radius 1 is 0.970 bits per heavy atom. The van der Waals surface area contributed by atoms with E-state index in [-0.39, 0.29) is 28.0 Å². The topological polar surface area (TPSA) is 91.3 Å². The molecule has 0 aliphatic carbocycles. The first-order valence-electron chi connectivity index (χ1n) is 9.73. The number of nitrogens with zero attached hydrogens (tertiary/aromatic N) is 1. The minimum atomic E-state index is -4.10. The molecule has 168 valence electrons. The predicted molar refractivity (Wildman–Crippen MR) is 124 cm³/mol. The van der Waals surface area contributed by atoms with E-state index in [1.165, 1.54) is 49.6 Å². The summed E-state index contributed by atoms with van der Waals surface area (Å²) in [5.74, 6) is -0.217. The van der Waals surface area contributed by atoms with Crippen LogP contribution in [0.5, 0.6) is 11.5 Å². The van der Waals surface area contributed by atoms with E-state index in [1.54, 1.807) is 6.07 Å². The lowest BCUT2D eigenvalue weighted by Gasteiger charge is -2.11. The smallest absolute Gasteiger partial charge is 0.363 e. The summed E-state index contributed by atoms with van der Waals surface area (Å²) in [5.41, 5.74) is 2.41. The van der Waals surface area contributed by atoms with E-state index in [0.717, 1.165) is 5.56 Å². The van der Waals surface area contributed by atoms with Crippen LogP contribution in [-0.2, 0) is 19.6 Å². The average Bonchev–Trinajstić information content (AvgIpc) is 3.15. The van der Waals surface area contributed by atoms with Gasteiger partial charge in [-0.25, -0.2) is 9.79 Å². The van der Waals surface area contributed by atoms with Gasteiger partial charge in [0.05, 0.1) is 7.11 Å². The van der Waals surface area contributed by atoms with Gasteiger partial charge in [0, 0.05) is 10.6 Å². The second-order valence-corrected chi connectivity index (χ2v) is 9.09. The summed E-state index contributed by atoms with van der Waals surface area (Å²) >= 11 is 5.81. The molecule has 0 atom stereocenters. The highest BCUT2D eigenvalue weighted by Crippen LogP contribution is 2.32. The lowest BCUT2D eigenvalue weighted by Crippen LogP contribution is -2.10. The maximum Gasteiger partial charge on any atom is 0.363 e. The molecular formula is C24H18ClNO6S. The molecule has 9 heteroatoms. The third kappa shape index (κ3) is 5.08. The molecule has 7 nitrogen and oxygen atoms in total. The first kappa shape index (κ1) is 22.6. The zero-order valence-electron chi connectivity index (χ0n) is 17.6. The van der Waals surface area contributed by atoms with Crippen LogP contribution in [0.3, 0.4) is 0 Å². The Bertz CT molecular complexity index is 1380. The quantitative estimate of drug-likeness (QED) is 0.285. The number of rotatable bonds is 6. The number of hydrogen-bond acceptors (Lipinski definition) is 7. The second kappa shape index (κ2) is 9.09. The van der Waals surface area contributed by atoms with Gasteiger partial charge >= 0.3 is 16.1 Å². The van der Waals surface area contributed by atoms with Crippen LogP contribution in [0.15, 0.2) is 82.3 Å². The molecule has 0 saturated heterocycles. The molecule has 0 fully saturated rings. The molecule has 1 heterocycles. The Morgan fingerprint density at radius 3 is 2.33 bits per heavy atom. The van der Waals surface area contributed by atoms with E-state index in [1.807, 2.05) is 31.2 Å². The van der Waals surface area contributed by atoms with Gasteiger partial charge < -0.3 is 13.7 Å². The zero-order chi connectivity index (χ0) is 23.6. The Balaban J connectivity index is 1.60. The van der Waals surface area contributed by atoms with Crippen LogP contribution < -0.4 is 8.92 Å². The predicted octanol–water partition coefficient (Wildman–Crippen LogP) is 4.77. The third-order valence-corrected chi connectivity index (χ3v) is 6.21. The lowest BCUT2D eigenvalue weighted by atomic mass is 10.1. The largest absolute Gasteiger partial charge is 0.493 e. The lowest BCUT2D eigenvalue weighted by molar-refractivity contribution is -0.129. The molecule has 0 N–H and O–H groups in total.